The summed E-state index contributed by atoms with van der Waals surface area (Å²) in [6.07, 6.45) is 3.71. The number of hydrogen-bond acceptors (Lipinski definition) is 3. The third-order valence-corrected chi connectivity index (χ3v) is 4.20. The first kappa shape index (κ1) is 12.2. The molecule has 0 atom stereocenters. The molecule has 0 bridgehead atoms. The minimum atomic E-state index is -0.430. The molecule has 1 N–H and O–H groups in total. The van der Waals surface area contributed by atoms with Crippen LogP contribution in [0.5, 0.6) is 0 Å². The summed E-state index contributed by atoms with van der Waals surface area (Å²) >= 11 is 0. The molecule has 0 aliphatic heterocycles. The number of aromatic amines is 1. The molecule has 19 heavy (non-hydrogen) atoms. The quantitative estimate of drug-likeness (QED) is 0.861. The highest BCUT2D eigenvalue weighted by Gasteiger charge is 2.46. The summed E-state index contributed by atoms with van der Waals surface area (Å²) in [5.74, 6) is 0.862. The van der Waals surface area contributed by atoms with E-state index in [2.05, 4.69) is 23.0 Å². The Balaban J connectivity index is 2.07. The van der Waals surface area contributed by atoms with E-state index in [1.165, 1.54) is 7.11 Å². The number of carbonyl (C=O) groups is 1. The molecule has 4 nitrogen and oxygen atoms in total. The highest BCUT2D eigenvalue weighted by atomic mass is 16.5. The second-order valence-electron chi connectivity index (χ2n) is 5.20. The molecule has 0 amide bonds. The maximum Gasteiger partial charge on any atom is 0.316 e. The van der Waals surface area contributed by atoms with Crippen LogP contribution in [0.3, 0.4) is 0 Å². The molecule has 0 saturated heterocycles. The Bertz CT molecular complexity index is 626. The predicted octanol–water partition coefficient (Wildman–Crippen LogP) is 2.72. The standard InChI is InChI=1S/C15H18N2O2/c1-3-13-16-11-6-5-10(9-12(11)17-13)15(7-4-8-15)14(18)19-2/h5-6,9H,3-4,7-8H2,1-2H3,(H,16,17). The zero-order chi connectivity index (χ0) is 13.5. The summed E-state index contributed by atoms with van der Waals surface area (Å²) < 4.78 is 4.99. The van der Waals surface area contributed by atoms with E-state index in [4.69, 9.17) is 4.74 Å². The van der Waals surface area contributed by atoms with Gasteiger partial charge in [-0.3, -0.25) is 4.79 Å². The minimum absolute atomic E-state index is 0.117. The Hall–Kier alpha value is -1.84. The molecule has 0 spiro atoms. The maximum atomic E-state index is 12.1. The number of imidazole rings is 1. The van der Waals surface area contributed by atoms with E-state index in [9.17, 15) is 4.79 Å². The summed E-state index contributed by atoms with van der Waals surface area (Å²) in [6.45, 7) is 2.07. The maximum absolute atomic E-state index is 12.1. The fourth-order valence-corrected chi connectivity index (χ4v) is 2.86. The van der Waals surface area contributed by atoms with Gasteiger partial charge >= 0.3 is 5.97 Å². The highest BCUT2D eigenvalue weighted by molar-refractivity contribution is 5.86. The van der Waals surface area contributed by atoms with Crippen molar-refractivity contribution in [3.8, 4) is 0 Å². The third kappa shape index (κ3) is 1.74. The van der Waals surface area contributed by atoms with Crippen molar-refractivity contribution in [3.05, 3.63) is 29.6 Å². The van der Waals surface area contributed by atoms with Crippen molar-refractivity contribution in [1.29, 1.82) is 0 Å². The Morgan fingerprint density at radius 3 is 2.84 bits per heavy atom. The molecule has 1 aliphatic carbocycles. The number of rotatable bonds is 3. The zero-order valence-electron chi connectivity index (χ0n) is 11.3. The number of methoxy groups -OCH3 is 1. The normalized spacial score (nSPS) is 17.2. The van der Waals surface area contributed by atoms with Gasteiger partial charge in [0.15, 0.2) is 0 Å². The van der Waals surface area contributed by atoms with Gasteiger partial charge in [-0.1, -0.05) is 19.4 Å². The van der Waals surface area contributed by atoms with E-state index in [0.717, 1.165) is 48.1 Å². The number of benzene rings is 1. The predicted molar refractivity (Wildman–Crippen MR) is 73.0 cm³/mol. The number of nitrogens with one attached hydrogen (secondary N) is 1. The lowest BCUT2D eigenvalue weighted by Crippen LogP contribution is -2.43. The zero-order valence-corrected chi connectivity index (χ0v) is 11.3. The lowest BCUT2D eigenvalue weighted by atomic mass is 9.64. The summed E-state index contributed by atoms with van der Waals surface area (Å²) in [5.41, 5.74) is 2.58. The first-order chi connectivity index (χ1) is 9.19. The largest absolute Gasteiger partial charge is 0.468 e. The van der Waals surface area contributed by atoms with E-state index >= 15 is 0 Å². The summed E-state index contributed by atoms with van der Waals surface area (Å²) in [4.78, 5) is 19.9. The van der Waals surface area contributed by atoms with Crippen LogP contribution in [0.25, 0.3) is 11.0 Å². The van der Waals surface area contributed by atoms with Crippen LogP contribution in [-0.2, 0) is 21.4 Å². The van der Waals surface area contributed by atoms with Crippen molar-refractivity contribution in [2.75, 3.05) is 7.11 Å². The number of esters is 1. The van der Waals surface area contributed by atoms with Crippen molar-refractivity contribution in [2.24, 2.45) is 0 Å². The number of hydrogen-bond donors (Lipinski definition) is 1. The molecule has 1 aromatic carbocycles. The number of ether oxygens (including phenoxy) is 1. The molecule has 2 aromatic rings. The number of H-pyrrole nitrogens is 1. The Morgan fingerprint density at radius 2 is 2.26 bits per heavy atom. The van der Waals surface area contributed by atoms with Crippen molar-refractivity contribution in [3.63, 3.8) is 0 Å². The number of carbonyl (C=O) groups excluding carboxylic acids is 1. The molecule has 0 unspecified atom stereocenters. The summed E-state index contributed by atoms with van der Waals surface area (Å²) in [6, 6.07) is 6.06. The van der Waals surface area contributed by atoms with Crippen LogP contribution in [0.4, 0.5) is 0 Å². The fourth-order valence-electron chi connectivity index (χ4n) is 2.86. The number of nitrogens with zero attached hydrogens (tertiary/aromatic N) is 1. The molecular weight excluding hydrogens is 240 g/mol. The van der Waals surface area contributed by atoms with Gasteiger partial charge in [-0.15, -0.1) is 0 Å². The summed E-state index contributed by atoms with van der Waals surface area (Å²) in [5, 5.41) is 0. The van der Waals surface area contributed by atoms with Crippen LogP contribution in [0.2, 0.25) is 0 Å². The van der Waals surface area contributed by atoms with Crippen molar-refractivity contribution < 1.29 is 9.53 Å². The van der Waals surface area contributed by atoms with Crippen LogP contribution < -0.4 is 0 Å². The van der Waals surface area contributed by atoms with Gasteiger partial charge in [0.25, 0.3) is 0 Å². The molecule has 100 valence electrons. The van der Waals surface area contributed by atoms with Gasteiger partial charge in [-0.05, 0) is 30.5 Å². The van der Waals surface area contributed by atoms with Gasteiger partial charge in [0.05, 0.1) is 23.6 Å². The molecule has 1 aliphatic rings. The lowest BCUT2D eigenvalue weighted by Gasteiger charge is -2.39. The van der Waals surface area contributed by atoms with Gasteiger partial charge in [-0.25, -0.2) is 4.98 Å². The van der Waals surface area contributed by atoms with E-state index in [1.54, 1.807) is 0 Å². The van der Waals surface area contributed by atoms with Gasteiger partial charge < -0.3 is 9.72 Å². The van der Waals surface area contributed by atoms with Gasteiger partial charge in [0.2, 0.25) is 0 Å². The van der Waals surface area contributed by atoms with E-state index in [0.29, 0.717) is 0 Å². The molecule has 3 rings (SSSR count). The van der Waals surface area contributed by atoms with Crippen LogP contribution in [-0.4, -0.2) is 23.0 Å². The monoisotopic (exact) mass is 258 g/mol. The van der Waals surface area contributed by atoms with Gasteiger partial charge in [-0.2, -0.15) is 0 Å². The van der Waals surface area contributed by atoms with E-state index < -0.39 is 5.41 Å². The topological polar surface area (TPSA) is 55.0 Å². The van der Waals surface area contributed by atoms with Crippen LogP contribution in [0, 0.1) is 0 Å². The average molecular weight is 258 g/mol. The van der Waals surface area contributed by atoms with Crippen LogP contribution in [0.15, 0.2) is 18.2 Å². The Labute approximate surface area is 112 Å². The SMILES string of the molecule is CCc1nc2ccc(C3(C(=O)OC)CCC3)cc2[nH]1. The molecule has 1 saturated carbocycles. The third-order valence-electron chi connectivity index (χ3n) is 4.20. The number of fused-ring (bicyclic) bond motifs is 1. The van der Waals surface area contributed by atoms with Crippen molar-refractivity contribution in [2.45, 2.75) is 38.0 Å². The number of aromatic nitrogens is 2. The first-order valence-corrected chi connectivity index (χ1v) is 6.77. The molecule has 1 heterocycles. The van der Waals surface area contributed by atoms with Crippen LogP contribution in [0.1, 0.15) is 37.6 Å². The number of aryl methyl sites for hydroxylation is 1. The molecular formula is C15H18N2O2. The first-order valence-electron chi connectivity index (χ1n) is 6.77. The minimum Gasteiger partial charge on any atom is -0.468 e. The summed E-state index contributed by atoms with van der Waals surface area (Å²) in [7, 11) is 1.46. The Kier molecular flexibility index (Phi) is 2.81. The van der Waals surface area contributed by atoms with Crippen molar-refractivity contribution >= 4 is 17.0 Å². The van der Waals surface area contributed by atoms with Gasteiger partial charge in [0, 0.05) is 6.42 Å². The second-order valence-corrected chi connectivity index (χ2v) is 5.20. The molecule has 1 aromatic heterocycles. The lowest BCUT2D eigenvalue weighted by molar-refractivity contribution is -0.151. The van der Waals surface area contributed by atoms with Crippen molar-refractivity contribution in [1.82, 2.24) is 9.97 Å². The second kappa shape index (κ2) is 4.37. The molecule has 0 radical (unpaired) electrons. The average Bonchev–Trinajstić information content (AvgIpc) is 2.79. The highest BCUT2D eigenvalue weighted by Crippen LogP contribution is 2.45. The van der Waals surface area contributed by atoms with Crippen LogP contribution >= 0.6 is 0 Å². The molecule has 4 heteroatoms. The fraction of sp³-hybridized carbons (Fsp3) is 0.467. The van der Waals surface area contributed by atoms with E-state index in [1.807, 2.05) is 12.1 Å². The molecule has 1 fully saturated rings. The van der Waals surface area contributed by atoms with E-state index in [-0.39, 0.29) is 5.97 Å². The van der Waals surface area contributed by atoms with Gasteiger partial charge in [0.1, 0.15) is 5.82 Å². The Morgan fingerprint density at radius 1 is 1.47 bits per heavy atom. The smallest absolute Gasteiger partial charge is 0.316 e.